The number of halogens is 13. The second-order valence-corrected chi connectivity index (χ2v) is 41.1. The Kier molecular flexibility index (Phi) is 35.1. The van der Waals surface area contributed by atoms with E-state index < -0.39 is 114 Å². The van der Waals surface area contributed by atoms with Gasteiger partial charge in [0.2, 0.25) is 29.7 Å². The van der Waals surface area contributed by atoms with Crippen LogP contribution in [0.5, 0.6) is 0 Å². The molecule has 2 heterocycles. The van der Waals surface area contributed by atoms with Gasteiger partial charge in [-0.1, -0.05) is 175 Å². The van der Waals surface area contributed by atoms with Gasteiger partial charge in [-0.05, 0) is 131 Å². The third-order valence-electron chi connectivity index (χ3n) is 15.8. The second kappa shape index (κ2) is 41.3. The van der Waals surface area contributed by atoms with Crippen molar-refractivity contribution < 1.29 is 107 Å². The number of hydrogen-bond donors (Lipinski definition) is 0. The highest BCUT2D eigenvalue weighted by Gasteiger charge is 2.76. The van der Waals surface area contributed by atoms with Crippen molar-refractivity contribution in [3.05, 3.63) is 242 Å². The molecule has 33 heteroatoms. The van der Waals surface area contributed by atoms with E-state index >= 15 is 0 Å². The summed E-state index contributed by atoms with van der Waals surface area (Å²) in [7, 11) is -16.5. The summed E-state index contributed by atoms with van der Waals surface area (Å²) in [5.74, 6) is -29.8. The van der Waals surface area contributed by atoms with Gasteiger partial charge in [0.05, 0.1) is 60.2 Å². The molecule has 0 radical (unpaired) electrons. The second-order valence-electron chi connectivity index (χ2n) is 26.8. The van der Waals surface area contributed by atoms with E-state index in [0.717, 1.165) is 26.4 Å². The fourth-order valence-corrected chi connectivity index (χ4v) is 20.5. The maximum absolute atomic E-state index is 13.1. The molecule has 112 heavy (non-hydrogen) atoms. The molecule has 10 rings (SSSR count). The summed E-state index contributed by atoms with van der Waals surface area (Å²) >= 11 is 0. The fraction of sp³-hybridized carbons (Fsp3) is 0.354. The molecule has 2 aliphatic rings. The zero-order chi connectivity index (χ0) is 83.8. The summed E-state index contributed by atoms with van der Waals surface area (Å²) in [4.78, 5) is 24.1. The van der Waals surface area contributed by atoms with Crippen LogP contribution in [0, 0.1) is 0 Å². The minimum absolute atomic E-state index is 0.0146. The fourth-order valence-electron chi connectivity index (χ4n) is 9.79. The first-order chi connectivity index (χ1) is 52.0. The number of sulfone groups is 2. The lowest BCUT2D eigenvalue weighted by Crippen LogP contribution is -2.58. The number of ether oxygens (including phenoxy) is 2. The van der Waals surface area contributed by atoms with Gasteiger partial charge in [-0.25, -0.2) is 34.6 Å². The Balaban J connectivity index is 0.000000241. The van der Waals surface area contributed by atoms with E-state index in [4.69, 9.17) is 9.47 Å². The molecule has 0 aromatic heterocycles. The predicted molar refractivity (Wildman–Crippen MR) is 415 cm³/mol. The van der Waals surface area contributed by atoms with Gasteiger partial charge >= 0.3 is 34.2 Å². The normalized spacial score (nSPS) is 14.8. The third kappa shape index (κ3) is 27.7. The molecule has 0 saturated carbocycles. The zero-order valence-corrected chi connectivity index (χ0v) is 68.1. The van der Waals surface area contributed by atoms with Crippen LogP contribution < -0.4 is 10.2 Å². The van der Waals surface area contributed by atoms with Crippen molar-refractivity contribution in [2.24, 2.45) is 9.39 Å². The predicted octanol–water partition coefficient (Wildman–Crippen LogP) is 16.1. The highest BCUT2D eigenvalue weighted by atomic mass is 32.2. The number of carbonyl (C=O) groups is 1. The largest absolute Gasteiger partial charge is 0.860 e. The van der Waals surface area contributed by atoms with E-state index in [1.54, 1.807) is 0 Å². The van der Waals surface area contributed by atoms with Crippen LogP contribution in [0.25, 0.3) is 0 Å². The van der Waals surface area contributed by atoms with Gasteiger partial charge < -0.3 is 19.7 Å². The molecule has 0 bridgehead atoms. The van der Waals surface area contributed by atoms with Crippen molar-refractivity contribution in [2.75, 3.05) is 73.9 Å². The molecule has 2 saturated heterocycles. The Bertz CT molecular complexity index is 4240. The van der Waals surface area contributed by atoms with Crippen LogP contribution >= 0.6 is 0 Å². The van der Waals surface area contributed by atoms with Crippen molar-refractivity contribution in [1.29, 1.82) is 0 Å². The number of hydrogen-bond acceptors (Lipinski definition) is 11. The van der Waals surface area contributed by atoms with Crippen LogP contribution in [-0.4, -0.2) is 151 Å². The van der Waals surface area contributed by atoms with Gasteiger partial charge in [0.25, 0.3) is 5.91 Å². The van der Waals surface area contributed by atoms with E-state index in [1.807, 2.05) is 0 Å². The highest BCUT2D eigenvalue weighted by molar-refractivity contribution is 7.98. The van der Waals surface area contributed by atoms with Crippen LogP contribution in [0.15, 0.2) is 279 Å². The molecule has 8 aromatic carbocycles. The highest BCUT2D eigenvalue weighted by Crippen LogP contribution is 2.50. The molecule has 0 atom stereocenters. The average molecular weight is 1710 g/mol. The maximum Gasteiger partial charge on any atom is 0.413 e. The van der Waals surface area contributed by atoms with Crippen molar-refractivity contribution in [1.82, 2.24) is 0 Å². The number of benzene rings is 8. The first kappa shape index (κ1) is 95.2. The van der Waals surface area contributed by atoms with E-state index in [0.29, 0.717) is 28.0 Å². The molecule has 8 aromatic rings. The molecule has 1 amide bonds. The molecule has 0 spiro atoms. The Morgan fingerprint density at radius 1 is 0.393 bits per heavy atom. The first-order valence-electron chi connectivity index (χ1n) is 34.0. The van der Waals surface area contributed by atoms with E-state index in [9.17, 15) is 97.3 Å². The number of aliphatic imine (C=N–C) groups is 1. The lowest BCUT2D eigenvalue weighted by Gasteiger charge is -2.30. The van der Waals surface area contributed by atoms with Crippen LogP contribution in [0.3, 0.4) is 0 Å². The number of rotatable bonds is 20. The molecular formula is C79H87F13N2O11S7+2. The zero-order valence-electron chi connectivity index (χ0n) is 62.4. The summed E-state index contributed by atoms with van der Waals surface area (Å²) in [5, 5.41) is 8.50. The lowest BCUT2D eigenvalue weighted by atomic mass is 9.87. The number of sulfonamides is 1. The van der Waals surface area contributed by atoms with Crippen LogP contribution in [-0.2, 0) is 98.4 Å². The summed E-state index contributed by atoms with van der Waals surface area (Å²) in [6.45, 7) is 14.2. The summed E-state index contributed by atoms with van der Waals surface area (Å²) in [5.41, 5.74) is 3.37. The molecule has 610 valence electrons. The van der Waals surface area contributed by atoms with E-state index in [-0.39, 0.29) is 32.6 Å². The van der Waals surface area contributed by atoms with Gasteiger partial charge in [-0.2, -0.15) is 57.1 Å². The first-order valence-corrected chi connectivity index (χ1v) is 44.7. The summed E-state index contributed by atoms with van der Waals surface area (Å²) in [6, 6.07) is 82.7. The molecule has 2 fully saturated rings. The number of nitrogens with zero attached hydrogens (tertiary/aromatic N) is 2. The Labute approximate surface area is 657 Å². The van der Waals surface area contributed by atoms with Crippen molar-refractivity contribution in [3.63, 3.8) is 0 Å². The van der Waals surface area contributed by atoms with Crippen molar-refractivity contribution in [3.8, 4) is 0 Å². The van der Waals surface area contributed by atoms with Gasteiger partial charge in [0.15, 0.2) is 39.2 Å². The molecular weight excluding hydrogens is 1620 g/mol. The molecule has 13 nitrogen and oxygen atoms in total. The average Bonchev–Trinajstić information content (AvgIpc) is 0.747. The Morgan fingerprint density at radius 2 is 0.634 bits per heavy atom. The van der Waals surface area contributed by atoms with Crippen LogP contribution in [0.4, 0.5) is 57.1 Å². The third-order valence-corrected chi connectivity index (χ3v) is 28.6. The van der Waals surface area contributed by atoms with Gasteiger partial charge in [-0.3, -0.25) is 4.79 Å². The summed E-state index contributed by atoms with van der Waals surface area (Å²) in [6.07, 6.45) is 0.296. The summed E-state index contributed by atoms with van der Waals surface area (Å²) < 4.78 is 243. The molecule has 0 N–H and O–H groups in total. The van der Waals surface area contributed by atoms with Gasteiger partial charge in [0, 0.05) is 35.6 Å². The topological polar surface area (TPSA) is 209 Å². The SMILES string of the molecule is CC(C)(C)c1ccc([S+]2CCOCC2)cc1.CC(C)(C)c1ccc([S+]2CCOCC2)cc1.CC(F)(F)C(F)(F)C(F)(F)S(=O)(=O)CC(=O)N=C([O-])CF.CC(F)(F)C(F)(F)C(F)(F)S(=O)(=O)CC([O-])=NS(C)(=O)=O.c1ccc([S+](c2ccccc2)c2ccccc2)cc1.c1ccc([S+](c2ccccc2)c2ccccc2)cc1. The number of alkyl halides is 13. The monoisotopic (exact) mass is 1710 g/mol. The van der Waals surface area contributed by atoms with Crippen molar-refractivity contribution >= 4 is 91.0 Å². The lowest BCUT2D eigenvalue weighted by molar-refractivity contribution is -0.271. The molecule has 0 aliphatic carbocycles. The van der Waals surface area contributed by atoms with Crippen LogP contribution in [0.2, 0.25) is 0 Å². The quantitative estimate of drug-likeness (QED) is 0.0303. The standard InChI is InChI=1S/2C18H15S.2C14H21OS.C8H8F7NO4S.C7H9F6NO5S2/c2*1-4-10-16(11-5-1)19(17-12-6-2-7-13-17)18-14-8-3-9-15-18;2*1-14(2,3)12-4-6-13(7-5-12)16-10-8-15-9-11-16;1-6(10,11)7(12,13)8(14,15)21(19,20)3-5(18)16-4(17)2-9;1-5(8,9)6(10,11)7(12,13)21(18,19)3-4(15)14-20(2,16)17/h2*1-15H;2*4-7H,8-11H2,1-3H3;2-3H2,1H3,(H,16,17,18);3H2,1-2H3,(H,14,15)/q4*+1;;/p-2. The van der Waals surface area contributed by atoms with Gasteiger partial charge in [-0.15, -0.1) is 0 Å². The Hall–Kier alpha value is -7.37. The minimum Gasteiger partial charge on any atom is -0.860 e. The number of amides is 1. The van der Waals surface area contributed by atoms with Gasteiger partial charge in [0.1, 0.15) is 35.4 Å². The number of carbonyl (C=O) groups excluding carboxylic acids is 1. The Morgan fingerprint density at radius 3 is 0.848 bits per heavy atom. The minimum atomic E-state index is -6.44. The molecule has 0 unspecified atom stereocenters. The smallest absolute Gasteiger partial charge is 0.413 e. The van der Waals surface area contributed by atoms with Crippen molar-refractivity contribution in [2.45, 2.75) is 140 Å². The van der Waals surface area contributed by atoms with Crippen LogP contribution in [0.1, 0.15) is 66.5 Å². The van der Waals surface area contributed by atoms with E-state index in [2.05, 4.69) is 281 Å². The van der Waals surface area contributed by atoms with E-state index in [1.165, 1.54) is 73.3 Å². The maximum atomic E-state index is 13.1. The molecule has 2 aliphatic heterocycles.